The summed E-state index contributed by atoms with van der Waals surface area (Å²) in [5.41, 5.74) is 3.36. The molecule has 3 heteroatoms. The van der Waals surface area contributed by atoms with Crippen molar-refractivity contribution in [1.82, 2.24) is 0 Å². The highest BCUT2D eigenvalue weighted by atomic mass is 16.3. The predicted octanol–water partition coefficient (Wildman–Crippen LogP) is 4.30. The molecule has 2 aliphatic rings. The molecule has 27 heavy (non-hydrogen) atoms. The van der Waals surface area contributed by atoms with Crippen LogP contribution in [0, 0.1) is 5.41 Å². The molecule has 1 atom stereocenters. The fourth-order valence-corrected chi connectivity index (χ4v) is 4.48. The van der Waals surface area contributed by atoms with Crippen molar-refractivity contribution in [3.63, 3.8) is 0 Å². The Bertz CT molecular complexity index is 805. The van der Waals surface area contributed by atoms with Crippen molar-refractivity contribution < 1.29 is 15.0 Å². The fourth-order valence-electron chi connectivity index (χ4n) is 4.48. The molecule has 0 amide bonds. The lowest BCUT2D eigenvalue weighted by Crippen LogP contribution is -2.49. The van der Waals surface area contributed by atoms with Gasteiger partial charge in [-0.25, -0.2) is 0 Å². The second-order valence-corrected chi connectivity index (χ2v) is 8.14. The van der Waals surface area contributed by atoms with E-state index in [1.165, 1.54) is 11.1 Å². The summed E-state index contributed by atoms with van der Waals surface area (Å²) >= 11 is 0. The number of carbonyl (C=O) groups excluding carboxylic acids is 1. The summed E-state index contributed by atoms with van der Waals surface area (Å²) in [7, 11) is 0. The molecule has 0 unspecified atom stereocenters. The molecule has 3 rings (SSSR count). The lowest BCUT2D eigenvalue weighted by molar-refractivity contribution is -0.137. The van der Waals surface area contributed by atoms with Crippen LogP contribution in [0.4, 0.5) is 0 Å². The van der Waals surface area contributed by atoms with Gasteiger partial charge in [-0.05, 0) is 70.1 Å². The standard InChI is InChI=1S/C24H30O3/c1-17(8-7-11-19-9-5-4-6-10-19)16-21-18(2)24(13-14-24)23(3,27)22(26)20(21)12-15-25/h4-6,8-10,12,25,27H,7,11,13-16H2,1-3H3/b17-8+,20-12-/t23-/m0/s1. The fraction of sp³-hybridized carbons (Fsp3) is 0.458. The van der Waals surface area contributed by atoms with E-state index in [-0.39, 0.29) is 12.4 Å². The van der Waals surface area contributed by atoms with Crippen LogP contribution < -0.4 is 0 Å². The minimum Gasteiger partial charge on any atom is -0.392 e. The summed E-state index contributed by atoms with van der Waals surface area (Å²) in [5.74, 6) is -0.244. The number of Topliss-reactive ketones (excluding diaryl/α,β-unsaturated/α-hetero) is 1. The average Bonchev–Trinajstić information content (AvgIpc) is 3.46. The Morgan fingerprint density at radius 1 is 1.22 bits per heavy atom. The van der Waals surface area contributed by atoms with Crippen LogP contribution in [-0.4, -0.2) is 28.2 Å². The molecule has 0 aliphatic heterocycles. The van der Waals surface area contributed by atoms with Gasteiger partial charge in [-0.1, -0.05) is 47.6 Å². The first kappa shape index (κ1) is 19.8. The molecule has 0 aromatic heterocycles. The van der Waals surface area contributed by atoms with E-state index in [2.05, 4.69) is 37.3 Å². The van der Waals surface area contributed by atoms with E-state index in [4.69, 9.17) is 0 Å². The van der Waals surface area contributed by atoms with Gasteiger partial charge in [0.1, 0.15) is 5.60 Å². The number of carbonyl (C=O) groups is 1. The Kier molecular flexibility index (Phi) is 5.55. The number of aryl methyl sites for hydroxylation is 1. The lowest BCUT2D eigenvalue weighted by Gasteiger charge is -2.40. The van der Waals surface area contributed by atoms with Crippen molar-refractivity contribution in [2.75, 3.05) is 6.61 Å². The molecule has 3 nitrogen and oxygen atoms in total. The van der Waals surface area contributed by atoms with Gasteiger partial charge in [-0.2, -0.15) is 0 Å². The molecular formula is C24H30O3. The van der Waals surface area contributed by atoms with Crippen molar-refractivity contribution in [1.29, 1.82) is 0 Å². The molecule has 0 bridgehead atoms. The van der Waals surface area contributed by atoms with E-state index in [0.717, 1.165) is 36.8 Å². The summed E-state index contributed by atoms with van der Waals surface area (Å²) in [6.45, 7) is 5.58. The summed E-state index contributed by atoms with van der Waals surface area (Å²) in [5, 5.41) is 20.3. The van der Waals surface area contributed by atoms with Crippen LogP contribution in [0.3, 0.4) is 0 Å². The maximum atomic E-state index is 12.9. The number of aliphatic hydroxyl groups is 2. The topological polar surface area (TPSA) is 57.5 Å². The van der Waals surface area contributed by atoms with Crippen LogP contribution >= 0.6 is 0 Å². The van der Waals surface area contributed by atoms with E-state index in [1.807, 2.05) is 13.0 Å². The monoisotopic (exact) mass is 366 g/mol. The molecule has 2 N–H and O–H groups in total. The third-order valence-electron chi connectivity index (χ3n) is 6.38. The van der Waals surface area contributed by atoms with Crippen LogP contribution in [0.15, 0.2) is 64.8 Å². The van der Waals surface area contributed by atoms with Gasteiger partial charge in [0, 0.05) is 11.0 Å². The number of benzene rings is 1. The van der Waals surface area contributed by atoms with Gasteiger partial charge in [0.25, 0.3) is 0 Å². The highest BCUT2D eigenvalue weighted by Crippen LogP contribution is 2.63. The van der Waals surface area contributed by atoms with Gasteiger partial charge in [0.2, 0.25) is 0 Å². The first-order valence-electron chi connectivity index (χ1n) is 9.82. The largest absolute Gasteiger partial charge is 0.392 e. The molecule has 1 aromatic carbocycles. The predicted molar refractivity (Wildman–Crippen MR) is 108 cm³/mol. The minimum absolute atomic E-state index is 0.197. The van der Waals surface area contributed by atoms with Crippen molar-refractivity contribution in [3.8, 4) is 0 Å². The maximum absolute atomic E-state index is 12.9. The summed E-state index contributed by atoms with van der Waals surface area (Å²) < 4.78 is 0. The molecule has 1 saturated carbocycles. The Hall–Kier alpha value is -1.97. The Labute approximate surface area is 162 Å². The lowest BCUT2D eigenvalue weighted by atomic mass is 9.66. The number of allylic oxidation sites excluding steroid dienone is 3. The van der Waals surface area contributed by atoms with Crippen molar-refractivity contribution >= 4 is 5.78 Å². The zero-order chi connectivity index (χ0) is 19.7. The van der Waals surface area contributed by atoms with Gasteiger partial charge in [-0.15, -0.1) is 0 Å². The molecule has 1 aromatic rings. The second kappa shape index (κ2) is 7.57. The molecule has 0 radical (unpaired) electrons. The number of hydrogen-bond donors (Lipinski definition) is 2. The van der Waals surface area contributed by atoms with E-state index in [1.54, 1.807) is 13.0 Å². The molecule has 0 heterocycles. The van der Waals surface area contributed by atoms with Crippen LogP contribution in [0.2, 0.25) is 0 Å². The van der Waals surface area contributed by atoms with Crippen LogP contribution in [0.25, 0.3) is 0 Å². The highest BCUT2D eigenvalue weighted by Gasteiger charge is 2.64. The third kappa shape index (κ3) is 3.59. The number of aliphatic hydroxyl groups excluding tert-OH is 1. The quantitative estimate of drug-likeness (QED) is 0.583. The van der Waals surface area contributed by atoms with Crippen LogP contribution in [0.1, 0.15) is 52.0 Å². The van der Waals surface area contributed by atoms with Crippen molar-refractivity contribution in [2.45, 2.75) is 58.5 Å². The molecule has 1 spiro atoms. The van der Waals surface area contributed by atoms with Crippen molar-refractivity contribution in [2.24, 2.45) is 5.41 Å². The molecular weight excluding hydrogens is 336 g/mol. The van der Waals surface area contributed by atoms with Gasteiger partial charge in [0.05, 0.1) is 6.61 Å². The summed E-state index contributed by atoms with van der Waals surface area (Å²) in [6.07, 6.45) is 8.14. The van der Waals surface area contributed by atoms with E-state index in [9.17, 15) is 15.0 Å². The van der Waals surface area contributed by atoms with Gasteiger partial charge < -0.3 is 10.2 Å². The van der Waals surface area contributed by atoms with E-state index >= 15 is 0 Å². The Balaban J connectivity index is 1.82. The van der Waals surface area contributed by atoms with Crippen LogP contribution in [0.5, 0.6) is 0 Å². The normalized spacial score (nSPS) is 26.2. The van der Waals surface area contributed by atoms with Gasteiger partial charge in [0.15, 0.2) is 5.78 Å². The Morgan fingerprint density at radius 2 is 1.89 bits per heavy atom. The number of hydrogen-bond acceptors (Lipinski definition) is 3. The number of rotatable bonds is 6. The minimum atomic E-state index is -1.37. The molecule has 0 saturated heterocycles. The van der Waals surface area contributed by atoms with Gasteiger partial charge in [-0.3, -0.25) is 4.79 Å². The maximum Gasteiger partial charge on any atom is 0.195 e. The zero-order valence-electron chi connectivity index (χ0n) is 16.6. The van der Waals surface area contributed by atoms with Crippen LogP contribution in [-0.2, 0) is 11.2 Å². The smallest absolute Gasteiger partial charge is 0.195 e. The molecule has 2 aliphatic carbocycles. The SMILES string of the molecule is CC1=C(C/C(C)=C/CCc2ccccc2)/C(=C/CO)C(=O)[C@](C)(O)C12CC2. The molecule has 1 fully saturated rings. The zero-order valence-corrected chi connectivity index (χ0v) is 16.6. The van der Waals surface area contributed by atoms with Crippen molar-refractivity contribution in [3.05, 3.63) is 70.3 Å². The first-order chi connectivity index (χ1) is 12.8. The molecule has 144 valence electrons. The third-order valence-corrected chi connectivity index (χ3v) is 6.38. The van der Waals surface area contributed by atoms with E-state index in [0.29, 0.717) is 12.0 Å². The van der Waals surface area contributed by atoms with Gasteiger partial charge >= 0.3 is 0 Å². The number of ketones is 1. The average molecular weight is 367 g/mol. The highest BCUT2D eigenvalue weighted by molar-refractivity contribution is 6.08. The second-order valence-electron chi connectivity index (χ2n) is 8.14. The summed E-state index contributed by atoms with van der Waals surface area (Å²) in [4.78, 5) is 12.9. The summed E-state index contributed by atoms with van der Waals surface area (Å²) in [6, 6.07) is 10.4. The first-order valence-corrected chi connectivity index (χ1v) is 9.82. The van der Waals surface area contributed by atoms with E-state index < -0.39 is 11.0 Å². The Morgan fingerprint density at radius 3 is 2.48 bits per heavy atom.